The van der Waals surface area contributed by atoms with Gasteiger partial charge in [-0.1, -0.05) is 19.3 Å². The molecule has 0 bridgehead atoms. The predicted octanol–water partition coefficient (Wildman–Crippen LogP) is 2.24. The summed E-state index contributed by atoms with van der Waals surface area (Å²) in [6.45, 7) is 0. The van der Waals surface area contributed by atoms with E-state index >= 15 is 0 Å². The zero-order valence-corrected chi connectivity index (χ0v) is 8.72. The molecule has 0 aromatic carbocycles. The van der Waals surface area contributed by atoms with E-state index in [1.54, 1.807) is 0 Å². The van der Waals surface area contributed by atoms with E-state index < -0.39 is 0 Å². The Hall–Kier alpha value is -0.530. The highest BCUT2D eigenvalue weighted by molar-refractivity contribution is 5.80. The van der Waals surface area contributed by atoms with Crippen LogP contribution in [0.3, 0.4) is 0 Å². The summed E-state index contributed by atoms with van der Waals surface area (Å²) in [5, 5.41) is 3.30. The first-order valence-electron chi connectivity index (χ1n) is 6.11. The lowest BCUT2D eigenvalue weighted by atomic mass is 9.72. The summed E-state index contributed by atoms with van der Waals surface area (Å²) in [5.74, 6) is 1.89. The van der Waals surface area contributed by atoms with Crippen LogP contribution >= 0.6 is 0 Å². The van der Waals surface area contributed by atoms with Crippen molar-refractivity contribution < 1.29 is 4.79 Å². The molecule has 2 aliphatic carbocycles. The Labute approximate surface area is 85.4 Å². The van der Waals surface area contributed by atoms with Crippen molar-refractivity contribution in [3.8, 4) is 0 Å². The molecule has 1 saturated heterocycles. The van der Waals surface area contributed by atoms with Gasteiger partial charge in [-0.2, -0.15) is 0 Å². The Bertz CT molecular complexity index is 251. The summed E-state index contributed by atoms with van der Waals surface area (Å²) < 4.78 is 0. The predicted molar refractivity (Wildman–Crippen MR) is 54.8 cm³/mol. The first-order valence-corrected chi connectivity index (χ1v) is 6.11. The van der Waals surface area contributed by atoms with E-state index in [1.807, 2.05) is 0 Å². The van der Waals surface area contributed by atoms with E-state index in [0.29, 0.717) is 11.8 Å². The minimum Gasteiger partial charge on any atom is -0.350 e. The van der Waals surface area contributed by atoms with E-state index in [9.17, 15) is 4.79 Å². The van der Waals surface area contributed by atoms with Gasteiger partial charge in [0.1, 0.15) is 0 Å². The molecule has 0 aromatic rings. The van der Waals surface area contributed by atoms with Crippen molar-refractivity contribution in [2.24, 2.45) is 11.8 Å². The van der Waals surface area contributed by atoms with Gasteiger partial charge in [-0.05, 0) is 37.5 Å². The summed E-state index contributed by atoms with van der Waals surface area (Å²) in [6.07, 6.45) is 10.1. The summed E-state index contributed by atoms with van der Waals surface area (Å²) in [7, 11) is 0. The molecule has 0 aromatic heterocycles. The second-order valence-electron chi connectivity index (χ2n) is 5.41. The molecule has 1 N–H and O–H groups in total. The van der Waals surface area contributed by atoms with Gasteiger partial charge in [0.2, 0.25) is 5.91 Å². The van der Waals surface area contributed by atoms with Gasteiger partial charge in [-0.25, -0.2) is 0 Å². The Morgan fingerprint density at radius 3 is 2.50 bits per heavy atom. The van der Waals surface area contributed by atoms with E-state index in [1.165, 1.54) is 44.9 Å². The maximum atomic E-state index is 11.5. The van der Waals surface area contributed by atoms with Crippen molar-refractivity contribution >= 4 is 5.91 Å². The van der Waals surface area contributed by atoms with Crippen molar-refractivity contribution in [1.29, 1.82) is 0 Å². The number of carbonyl (C=O) groups excluding carboxylic acids is 1. The third kappa shape index (κ3) is 1.27. The molecule has 1 unspecified atom stereocenters. The fourth-order valence-corrected chi connectivity index (χ4v) is 3.61. The summed E-state index contributed by atoms with van der Waals surface area (Å²) >= 11 is 0. The topological polar surface area (TPSA) is 29.1 Å². The average Bonchev–Trinajstić information content (AvgIpc) is 2.95. The van der Waals surface area contributed by atoms with Crippen LogP contribution in [0.25, 0.3) is 0 Å². The van der Waals surface area contributed by atoms with Crippen LogP contribution in [0.15, 0.2) is 0 Å². The van der Waals surface area contributed by atoms with E-state index in [4.69, 9.17) is 0 Å². The van der Waals surface area contributed by atoms with Gasteiger partial charge < -0.3 is 5.32 Å². The van der Waals surface area contributed by atoms with Crippen LogP contribution in [0.1, 0.15) is 51.4 Å². The summed E-state index contributed by atoms with van der Waals surface area (Å²) in [6, 6.07) is 0. The minimum atomic E-state index is 0.247. The van der Waals surface area contributed by atoms with Gasteiger partial charge in [0, 0.05) is 12.0 Å². The molecule has 3 rings (SSSR count). The van der Waals surface area contributed by atoms with Gasteiger partial charge in [0.25, 0.3) is 0 Å². The minimum absolute atomic E-state index is 0.247. The third-order valence-electron chi connectivity index (χ3n) is 4.44. The molecule has 2 nitrogen and oxygen atoms in total. The summed E-state index contributed by atoms with van der Waals surface area (Å²) in [5.41, 5.74) is 0.247. The number of amides is 1. The van der Waals surface area contributed by atoms with Crippen LogP contribution in [0.2, 0.25) is 0 Å². The quantitative estimate of drug-likeness (QED) is 0.680. The smallest absolute Gasteiger partial charge is 0.220 e. The fraction of sp³-hybridized carbons (Fsp3) is 0.917. The zero-order valence-electron chi connectivity index (χ0n) is 8.72. The molecule has 1 heterocycles. The molecule has 1 amide bonds. The molecular formula is C12H19NO. The number of hydrogen-bond acceptors (Lipinski definition) is 1. The Kier molecular flexibility index (Phi) is 1.86. The number of carbonyl (C=O) groups is 1. The molecule has 1 aliphatic heterocycles. The molecule has 78 valence electrons. The van der Waals surface area contributed by atoms with Crippen LogP contribution in [0.4, 0.5) is 0 Å². The number of hydrogen-bond donors (Lipinski definition) is 1. The van der Waals surface area contributed by atoms with Gasteiger partial charge >= 0.3 is 0 Å². The first-order chi connectivity index (χ1) is 6.80. The normalized spacial score (nSPS) is 36.0. The second kappa shape index (κ2) is 2.98. The summed E-state index contributed by atoms with van der Waals surface area (Å²) in [4.78, 5) is 11.5. The molecule has 2 saturated carbocycles. The van der Waals surface area contributed by atoms with Gasteiger partial charge in [-0.15, -0.1) is 0 Å². The van der Waals surface area contributed by atoms with Gasteiger partial charge in [0.05, 0.1) is 0 Å². The van der Waals surface area contributed by atoms with E-state index in [-0.39, 0.29) is 5.54 Å². The lowest BCUT2D eigenvalue weighted by Crippen LogP contribution is -2.48. The SMILES string of the molecule is O=C1CC(C2CC2)C2(CCCCC2)N1. The first kappa shape index (κ1) is 8.75. The molecule has 0 radical (unpaired) electrons. The van der Waals surface area contributed by atoms with Crippen molar-refractivity contribution in [1.82, 2.24) is 5.32 Å². The second-order valence-corrected chi connectivity index (χ2v) is 5.41. The lowest BCUT2D eigenvalue weighted by Gasteiger charge is -2.38. The van der Waals surface area contributed by atoms with Crippen molar-refractivity contribution in [3.63, 3.8) is 0 Å². The molecule has 3 aliphatic rings. The molecule has 2 heteroatoms. The number of rotatable bonds is 1. The highest BCUT2D eigenvalue weighted by Crippen LogP contribution is 2.51. The molecule has 1 atom stereocenters. The Morgan fingerprint density at radius 2 is 1.86 bits per heavy atom. The standard InChI is InChI=1S/C12H19NO/c14-11-8-10(9-4-5-9)12(13-11)6-2-1-3-7-12/h9-10H,1-8H2,(H,13,14). The van der Waals surface area contributed by atoms with E-state index in [2.05, 4.69) is 5.32 Å². The third-order valence-corrected chi connectivity index (χ3v) is 4.44. The van der Waals surface area contributed by atoms with Crippen molar-refractivity contribution in [2.45, 2.75) is 56.9 Å². The molecule has 14 heavy (non-hydrogen) atoms. The van der Waals surface area contributed by atoms with Crippen LogP contribution in [0.5, 0.6) is 0 Å². The fourth-order valence-electron chi connectivity index (χ4n) is 3.61. The van der Waals surface area contributed by atoms with Crippen LogP contribution < -0.4 is 5.32 Å². The van der Waals surface area contributed by atoms with Crippen LogP contribution in [-0.4, -0.2) is 11.4 Å². The van der Waals surface area contributed by atoms with Gasteiger partial charge in [-0.3, -0.25) is 4.79 Å². The molecular weight excluding hydrogens is 174 g/mol. The largest absolute Gasteiger partial charge is 0.350 e. The van der Waals surface area contributed by atoms with Crippen molar-refractivity contribution in [3.05, 3.63) is 0 Å². The maximum absolute atomic E-state index is 11.5. The van der Waals surface area contributed by atoms with E-state index in [0.717, 1.165) is 12.3 Å². The lowest BCUT2D eigenvalue weighted by molar-refractivity contribution is -0.120. The Morgan fingerprint density at radius 1 is 1.14 bits per heavy atom. The van der Waals surface area contributed by atoms with Crippen LogP contribution in [0, 0.1) is 11.8 Å². The maximum Gasteiger partial charge on any atom is 0.220 e. The molecule has 3 fully saturated rings. The highest BCUT2D eigenvalue weighted by Gasteiger charge is 2.52. The zero-order chi connectivity index (χ0) is 9.60. The van der Waals surface area contributed by atoms with Crippen molar-refractivity contribution in [2.75, 3.05) is 0 Å². The number of nitrogens with one attached hydrogen (secondary N) is 1. The highest BCUT2D eigenvalue weighted by atomic mass is 16.2. The monoisotopic (exact) mass is 193 g/mol. The average molecular weight is 193 g/mol. The van der Waals surface area contributed by atoms with Gasteiger partial charge in [0.15, 0.2) is 0 Å². The van der Waals surface area contributed by atoms with Crippen LogP contribution in [-0.2, 0) is 4.79 Å². The Balaban J connectivity index is 1.83. The molecule has 1 spiro atoms.